The van der Waals surface area contributed by atoms with Gasteiger partial charge in [-0.05, 0) is 24.3 Å². The largest absolute Gasteiger partial charge is 0.348 e. The summed E-state index contributed by atoms with van der Waals surface area (Å²) in [6.45, 7) is 0.460. The molecule has 1 saturated carbocycles. The van der Waals surface area contributed by atoms with Gasteiger partial charge in [0.1, 0.15) is 5.82 Å². The second kappa shape index (κ2) is 6.57. The standard InChI is InChI=1S/C17H21N3O/c21-17(20-12-15-18-10-11-19-15)16(14-8-4-5-9-14)13-6-2-1-3-7-13/h1-3,6-7,10-11,14,16H,4-5,8-9,12H2,(H,18,19)(H,20,21)/t16-/m0/s1. The number of H-pyrrole nitrogens is 1. The van der Waals surface area contributed by atoms with Gasteiger partial charge in [0.15, 0.2) is 0 Å². The summed E-state index contributed by atoms with van der Waals surface area (Å²) in [6.07, 6.45) is 8.24. The van der Waals surface area contributed by atoms with Crippen LogP contribution in [-0.2, 0) is 11.3 Å². The fourth-order valence-corrected chi connectivity index (χ4v) is 3.26. The number of nitrogens with one attached hydrogen (secondary N) is 2. The summed E-state index contributed by atoms with van der Waals surface area (Å²) in [7, 11) is 0. The molecule has 1 aromatic heterocycles. The first-order valence-corrected chi connectivity index (χ1v) is 7.65. The van der Waals surface area contributed by atoms with Crippen molar-refractivity contribution in [3.8, 4) is 0 Å². The lowest BCUT2D eigenvalue weighted by molar-refractivity contribution is -0.124. The number of carbonyl (C=O) groups is 1. The summed E-state index contributed by atoms with van der Waals surface area (Å²) in [4.78, 5) is 19.8. The molecule has 110 valence electrons. The molecule has 2 aromatic rings. The van der Waals surface area contributed by atoms with Crippen molar-refractivity contribution in [3.05, 3.63) is 54.1 Å². The van der Waals surface area contributed by atoms with Gasteiger partial charge in [-0.2, -0.15) is 0 Å². The Morgan fingerprint density at radius 1 is 1.29 bits per heavy atom. The van der Waals surface area contributed by atoms with Crippen LogP contribution in [0.4, 0.5) is 0 Å². The van der Waals surface area contributed by atoms with Crippen molar-refractivity contribution >= 4 is 5.91 Å². The van der Waals surface area contributed by atoms with E-state index in [9.17, 15) is 4.79 Å². The highest BCUT2D eigenvalue weighted by molar-refractivity contribution is 5.84. The fourth-order valence-electron chi connectivity index (χ4n) is 3.26. The van der Waals surface area contributed by atoms with Crippen LogP contribution in [-0.4, -0.2) is 15.9 Å². The van der Waals surface area contributed by atoms with Crippen LogP contribution in [0.1, 0.15) is 43.0 Å². The van der Waals surface area contributed by atoms with Gasteiger partial charge in [0, 0.05) is 12.4 Å². The fraction of sp³-hybridized carbons (Fsp3) is 0.412. The van der Waals surface area contributed by atoms with E-state index in [1.807, 2.05) is 18.2 Å². The minimum Gasteiger partial charge on any atom is -0.348 e. The molecule has 0 saturated heterocycles. The van der Waals surface area contributed by atoms with E-state index in [0.717, 1.165) is 24.2 Å². The summed E-state index contributed by atoms with van der Waals surface area (Å²) in [5.74, 6) is 1.33. The minimum absolute atomic E-state index is 0.0383. The maximum absolute atomic E-state index is 12.7. The van der Waals surface area contributed by atoms with E-state index in [2.05, 4.69) is 27.4 Å². The number of hydrogen-bond acceptors (Lipinski definition) is 2. The number of aromatic nitrogens is 2. The number of amides is 1. The van der Waals surface area contributed by atoms with Gasteiger partial charge in [-0.15, -0.1) is 0 Å². The Morgan fingerprint density at radius 2 is 2.05 bits per heavy atom. The van der Waals surface area contributed by atoms with Crippen molar-refractivity contribution in [3.63, 3.8) is 0 Å². The highest BCUT2D eigenvalue weighted by Gasteiger charge is 2.31. The third-order valence-electron chi connectivity index (χ3n) is 4.30. The van der Waals surface area contributed by atoms with Crippen molar-refractivity contribution < 1.29 is 4.79 Å². The van der Waals surface area contributed by atoms with Gasteiger partial charge in [-0.25, -0.2) is 4.98 Å². The zero-order valence-electron chi connectivity index (χ0n) is 12.1. The lowest BCUT2D eigenvalue weighted by atomic mass is 9.84. The smallest absolute Gasteiger partial charge is 0.228 e. The Labute approximate surface area is 125 Å². The van der Waals surface area contributed by atoms with Crippen molar-refractivity contribution in [2.75, 3.05) is 0 Å². The highest BCUT2D eigenvalue weighted by atomic mass is 16.1. The molecular formula is C17H21N3O. The zero-order valence-corrected chi connectivity index (χ0v) is 12.1. The minimum atomic E-state index is -0.0383. The Hall–Kier alpha value is -2.10. The van der Waals surface area contributed by atoms with Crippen LogP contribution in [0.15, 0.2) is 42.7 Å². The number of benzene rings is 1. The van der Waals surface area contributed by atoms with Gasteiger partial charge < -0.3 is 10.3 Å². The zero-order chi connectivity index (χ0) is 14.5. The molecule has 0 spiro atoms. The number of rotatable bonds is 5. The molecule has 0 bridgehead atoms. The van der Waals surface area contributed by atoms with Crippen LogP contribution < -0.4 is 5.32 Å². The van der Waals surface area contributed by atoms with Crippen LogP contribution in [0.5, 0.6) is 0 Å². The lowest BCUT2D eigenvalue weighted by Gasteiger charge is -2.23. The van der Waals surface area contributed by atoms with Gasteiger partial charge in [-0.1, -0.05) is 43.2 Å². The number of aromatic amines is 1. The van der Waals surface area contributed by atoms with Crippen LogP contribution >= 0.6 is 0 Å². The van der Waals surface area contributed by atoms with E-state index in [-0.39, 0.29) is 11.8 Å². The Balaban J connectivity index is 1.73. The Kier molecular flexibility index (Phi) is 4.34. The van der Waals surface area contributed by atoms with Crippen LogP contribution in [0.25, 0.3) is 0 Å². The maximum Gasteiger partial charge on any atom is 0.228 e. The molecule has 1 amide bonds. The predicted molar refractivity (Wildman–Crippen MR) is 81.6 cm³/mol. The molecule has 1 atom stereocenters. The SMILES string of the molecule is O=C(NCc1ncc[nH]1)[C@@H](c1ccccc1)C1CCCC1. The van der Waals surface area contributed by atoms with E-state index in [4.69, 9.17) is 0 Å². The molecular weight excluding hydrogens is 262 g/mol. The van der Waals surface area contributed by atoms with Crippen molar-refractivity contribution in [2.24, 2.45) is 5.92 Å². The molecule has 0 radical (unpaired) electrons. The first-order chi connectivity index (χ1) is 10.3. The summed E-state index contributed by atoms with van der Waals surface area (Å²) < 4.78 is 0. The topological polar surface area (TPSA) is 57.8 Å². The molecule has 3 rings (SSSR count). The van der Waals surface area contributed by atoms with Crippen LogP contribution in [0.3, 0.4) is 0 Å². The average Bonchev–Trinajstić information content (AvgIpc) is 3.20. The van der Waals surface area contributed by atoms with E-state index >= 15 is 0 Å². The van der Waals surface area contributed by atoms with E-state index in [1.54, 1.807) is 12.4 Å². The molecule has 1 aromatic carbocycles. The van der Waals surface area contributed by atoms with Gasteiger partial charge in [0.25, 0.3) is 0 Å². The maximum atomic E-state index is 12.7. The van der Waals surface area contributed by atoms with E-state index < -0.39 is 0 Å². The van der Waals surface area contributed by atoms with Crippen molar-refractivity contribution in [1.82, 2.24) is 15.3 Å². The lowest BCUT2D eigenvalue weighted by Crippen LogP contribution is -2.32. The molecule has 2 N–H and O–H groups in total. The van der Waals surface area contributed by atoms with Gasteiger partial charge in [0.05, 0.1) is 12.5 Å². The number of nitrogens with zero attached hydrogens (tertiary/aromatic N) is 1. The first kappa shape index (κ1) is 13.9. The number of imidazole rings is 1. The van der Waals surface area contributed by atoms with E-state index in [0.29, 0.717) is 12.5 Å². The van der Waals surface area contributed by atoms with Gasteiger partial charge >= 0.3 is 0 Å². The van der Waals surface area contributed by atoms with Gasteiger partial charge in [-0.3, -0.25) is 4.79 Å². The van der Waals surface area contributed by atoms with Crippen molar-refractivity contribution in [2.45, 2.75) is 38.1 Å². The summed E-state index contributed by atoms with van der Waals surface area (Å²) in [6, 6.07) is 10.1. The molecule has 0 aliphatic heterocycles. The molecule has 0 unspecified atom stereocenters. The predicted octanol–water partition coefficient (Wildman–Crippen LogP) is 3.00. The summed E-state index contributed by atoms with van der Waals surface area (Å²) in [5, 5.41) is 3.03. The average molecular weight is 283 g/mol. The summed E-state index contributed by atoms with van der Waals surface area (Å²) >= 11 is 0. The van der Waals surface area contributed by atoms with Crippen LogP contribution in [0, 0.1) is 5.92 Å². The normalized spacial score (nSPS) is 16.8. The molecule has 1 fully saturated rings. The number of hydrogen-bond donors (Lipinski definition) is 2. The molecule has 4 nitrogen and oxygen atoms in total. The Morgan fingerprint density at radius 3 is 2.71 bits per heavy atom. The van der Waals surface area contributed by atoms with E-state index in [1.165, 1.54) is 12.8 Å². The Bertz CT molecular complexity index is 559. The molecule has 1 aliphatic rings. The monoisotopic (exact) mass is 283 g/mol. The molecule has 21 heavy (non-hydrogen) atoms. The molecule has 1 heterocycles. The first-order valence-electron chi connectivity index (χ1n) is 7.65. The second-order valence-electron chi connectivity index (χ2n) is 5.69. The second-order valence-corrected chi connectivity index (χ2v) is 5.69. The third kappa shape index (κ3) is 3.32. The van der Waals surface area contributed by atoms with Gasteiger partial charge in [0.2, 0.25) is 5.91 Å². The molecule has 1 aliphatic carbocycles. The van der Waals surface area contributed by atoms with Crippen LogP contribution in [0.2, 0.25) is 0 Å². The summed E-state index contributed by atoms with van der Waals surface area (Å²) in [5.41, 5.74) is 1.13. The highest BCUT2D eigenvalue weighted by Crippen LogP contribution is 2.37. The number of carbonyl (C=O) groups excluding carboxylic acids is 1. The van der Waals surface area contributed by atoms with Crippen molar-refractivity contribution in [1.29, 1.82) is 0 Å². The third-order valence-corrected chi connectivity index (χ3v) is 4.30. The molecule has 4 heteroatoms. The quantitative estimate of drug-likeness (QED) is 0.886.